The van der Waals surface area contributed by atoms with E-state index in [9.17, 15) is 14.4 Å². The second kappa shape index (κ2) is 9.05. The lowest BCUT2D eigenvalue weighted by Gasteiger charge is -2.15. The Labute approximate surface area is 168 Å². The molecular formula is C20H22N4O5. The molecule has 0 unspecified atom stereocenters. The third kappa shape index (κ3) is 4.81. The first kappa shape index (κ1) is 20.1. The van der Waals surface area contributed by atoms with Crippen LogP contribution in [-0.4, -0.2) is 48.0 Å². The summed E-state index contributed by atoms with van der Waals surface area (Å²) in [5.74, 6) is 0.262. The molecule has 29 heavy (non-hydrogen) atoms. The van der Waals surface area contributed by atoms with Crippen LogP contribution in [0.5, 0.6) is 11.5 Å². The highest BCUT2D eigenvalue weighted by atomic mass is 16.5. The lowest BCUT2D eigenvalue weighted by molar-refractivity contribution is -0.131. The van der Waals surface area contributed by atoms with E-state index in [1.165, 1.54) is 14.2 Å². The van der Waals surface area contributed by atoms with Gasteiger partial charge >= 0.3 is 6.03 Å². The van der Waals surface area contributed by atoms with E-state index >= 15 is 0 Å². The molecule has 9 heteroatoms. The van der Waals surface area contributed by atoms with E-state index in [1.54, 1.807) is 36.5 Å². The molecule has 4 amide bonds. The predicted octanol–water partition coefficient (Wildman–Crippen LogP) is 1.23. The molecule has 0 spiro atoms. The van der Waals surface area contributed by atoms with Crippen LogP contribution < -0.4 is 20.1 Å². The maximum Gasteiger partial charge on any atom is 0.325 e. The molecule has 0 aliphatic carbocycles. The number of pyridine rings is 1. The van der Waals surface area contributed by atoms with Gasteiger partial charge in [-0.1, -0.05) is 12.1 Å². The monoisotopic (exact) mass is 398 g/mol. The van der Waals surface area contributed by atoms with Gasteiger partial charge in [-0.2, -0.15) is 0 Å². The van der Waals surface area contributed by atoms with Gasteiger partial charge in [-0.25, -0.2) is 4.79 Å². The lowest BCUT2D eigenvalue weighted by Crippen LogP contribution is -2.36. The topological polar surface area (TPSA) is 110 Å². The fourth-order valence-corrected chi connectivity index (χ4v) is 2.98. The Bertz CT molecular complexity index is 903. The summed E-state index contributed by atoms with van der Waals surface area (Å²) in [6, 6.07) is 9.11. The summed E-state index contributed by atoms with van der Waals surface area (Å²) in [6.45, 7) is 0.320. The highest BCUT2D eigenvalue weighted by molar-refractivity contribution is 6.05. The van der Waals surface area contributed by atoms with Crippen molar-refractivity contribution in [3.05, 3.63) is 53.9 Å². The van der Waals surface area contributed by atoms with Gasteiger partial charge in [-0.05, 0) is 29.8 Å². The molecule has 1 aromatic heterocycles. The summed E-state index contributed by atoms with van der Waals surface area (Å²) < 4.78 is 10.4. The first-order valence-corrected chi connectivity index (χ1v) is 9.01. The standard InChI is InChI=1S/C20H22N4O5/c1-28-16-7-6-13(9-17(16)29-2)12-24-19(26)15(23-20(24)27)10-18(25)22-11-14-5-3-4-8-21-14/h3-9,15H,10-12H2,1-2H3,(H,22,25)(H,23,27)/t15-/m0/s1. The van der Waals surface area contributed by atoms with Crippen molar-refractivity contribution in [3.63, 3.8) is 0 Å². The molecule has 1 aliphatic heterocycles. The van der Waals surface area contributed by atoms with Gasteiger partial charge in [0.2, 0.25) is 5.91 Å². The van der Waals surface area contributed by atoms with E-state index in [4.69, 9.17) is 9.47 Å². The zero-order valence-electron chi connectivity index (χ0n) is 16.2. The molecule has 2 heterocycles. The van der Waals surface area contributed by atoms with E-state index in [2.05, 4.69) is 15.6 Å². The Morgan fingerprint density at radius 1 is 1.17 bits per heavy atom. The van der Waals surface area contributed by atoms with Crippen LogP contribution in [0.15, 0.2) is 42.6 Å². The number of aromatic nitrogens is 1. The molecule has 3 rings (SSSR count). The van der Waals surface area contributed by atoms with Crippen LogP contribution in [0, 0.1) is 0 Å². The molecule has 2 aromatic rings. The summed E-state index contributed by atoms with van der Waals surface area (Å²) in [5.41, 5.74) is 1.41. The number of rotatable bonds is 8. The Balaban J connectivity index is 1.58. The number of urea groups is 1. The van der Waals surface area contributed by atoms with Crippen LogP contribution in [-0.2, 0) is 22.7 Å². The number of amides is 4. The zero-order valence-corrected chi connectivity index (χ0v) is 16.2. The van der Waals surface area contributed by atoms with Crippen molar-refractivity contribution in [2.75, 3.05) is 14.2 Å². The number of nitrogens with zero attached hydrogens (tertiary/aromatic N) is 2. The second-order valence-electron chi connectivity index (χ2n) is 6.42. The van der Waals surface area contributed by atoms with Crippen molar-refractivity contribution >= 4 is 17.8 Å². The van der Waals surface area contributed by atoms with E-state index in [-0.39, 0.29) is 25.4 Å². The summed E-state index contributed by atoms with van der Waals surface area (Å²) >= 11 is 0. The Morgan fingerprint density at radius 2 is 1.97 bits per heavy atom. The highest BCUT2D eigenvalue weighted by Crippen LogP contribution is 2.28. The molecular weight excluding hydrogens is 376 g/mol. The number of carbonyl (C=O) groups excluding carboxylic acids is 3. The Morgan fingerprint density at radius 3 is 2.66 bits per heavy atom. The number of hydrogen-bond acceptors (Lipinski definition) is 6. The van der Waals surface area contributed by atoms with Crippen LogP contribution >= 0.6 is 0 Å². The third-order valence-electron chi connectivity index (χ3n) is 4.48. The number of ether oxygens (including phenoxy) is 2. The van der Waals surface area contributed by atoms with Gasteiger partial charge in [0.1, 0.15) is 6.04 Å². The minimum Gasteiger partial charge on any atom is -0.493 e. The Hall–Kier alpha value is -3.62. The predicted molar refractivity (Wildman–Crippen MR) is 103 cm³/mol. The molecule has 0 bridgehead atoms. The SMILES string of the molecule is COc1ccc(CN2C(=O)N[C@@H](CC(=O)NCc3ccccn3)C2=O)cc1OC. The van der Waals surface area contributed by atoms with Gasteiger partial charge in [0.25, 0.3) is 5.91 Å². The van der Waals surface area contributed by atoms with Gasteiger partial charge in [0.05, 0.1) is 39.4 Å². The van der Waals surface area contributed by atoms with Crippen molar-refractivity contribution in [2.24, 2.45) is 0 Å². The molecule has 9 nitrogen and oxygen atoms in total. The summed E-state index contributed by atoms with van der Waals surface area (Å²) in [4.78, 5) is 42.2. The van der Waals surface area contributed by atoms with E-state index in [0.717, 1.165) is 4.90 Å². The first-order chi connectivity index (χ1) is 14.0. The summed E-state index contributed by atoms with van der Waals surface area (Å²) in [6.07, 6.45) is 1.49. The number of benzene rings is 1. The van der Waals surface area contributed by atoms with E-state index < -0.39 is 18.0 Å². The number of nitrogens with one attached hydrogen (secondary N) is 2. The molecule has 0 saturated carbocycles. The van der Waals surface area contributed by atoms with Gasteiger partial charge < -0.3 is 20.1 Å². The highest BCUT2D eigenvalue weighted by Gasteiger charge is 2.39. The second-order valence-corrected chi connectivity index (χ2v) is 6.42. The van der Waals surface area contributed by atoms with Crippen molar-refractivity contribution in [1.29, 1.82) is 0 Å². The summed E-state index contributed by atoms with van der Waals surface area (Å²) in [7, 11) is 3.04. The maximum absolute atomic E-state index is 12.6. The molecule has 2 N–H and O–H groups in total. The fraction of sp³-hybridized carbons (Fsp3) is 0.300. The number of carbonyl (C=O) groups is 3. The smallest absolute Gasteiger partial charge is 0.325 e. The molecule has 1 aromatic carbocycles. The maximum atomic E-state index is 12.6. The molecule has 1 saturated heterocycles. The van der Waals surface area contributed by atoms with Gasteiger partial charge in [-0.15, -0.1) is 0 Å². The van der Waals surface area contributed by atoms with Crippen molar-refractivity contribution < 1.29 is 23.9 Å². The van der Waals surface area contributed by atoms with Crippen LogP contribution in [0.3, 0.4) is 0 Å². The van der Waals surface area contributed by atoms with Crippen molar-refractivity contribution in [1.82, 2.24) is 20.5 Å². The molecule has 1 aliphatic rings. The first-order valence-electron chi connectivity index (χ1n) is 9.01. The van der Waals surface area contributed by atoms with Crippen LogP contribution in [0.25, 0.3) is 0 Å². The molecule has 0 radical (unpaired) electrons. The average Bonchev–Trinajstić information content (AvgIpc) is 3.00. The van der Waals surface area contributed by atoms with Gasteiger partial charge in [0.15, 0.2) is 11.5 Å². The van der Waals surface area contributed by atoms with Gasteiger partial charge in [-0.3, -0.25) is 19.5 Å². The van der Waals surface area contributed by atoms with E-state index in [1.807, 2.05) is 6.07 Å². The fourth-order valence-electron chi connectivity index (χ4n) is 2.98. The van der Waals surface area contributed by atoms with E-state index in [0.29, 0.717) is 22.8 Å². The van der Waals surface area contributed by atoms with Crippen molar-refractivity contribution in [3.8, 4) is 11.5 Å². The molecule has 1 fully saturated rings. The van der Waals surface area contributed by atoms with Crippen LogP contribution in [0.2, 0.25) is 0 Å². The quantitative estimate of drug-likeness (QED) is 0.647. The normalized spacial score (nSPS) is 15.8. The van der Waals surface area contributed by atoms with Crippen LogP contribution in [0.4, 0.5) is 4.79 Å². The minimum absolute atomic E-state index is 0.0665. The number of methoxy groups -OCH3 is 2. The van der Waals surface area contributed by atoms with Crippen LogP contribution in [0.1, 0.15) is 17.7 Å². The lowest BCUT2D eigenvalue weighted by atomic mass is 10.1. The minimum atomic E-state index is -0.897. The third-order valence-corrected chi connectivity index (χ3v) is 4.48. The largest absolute Gasteiger partial charge is 0.493 e. The number of imide groups is 1. The van der Waals surface area contributed by atoms with Gasteiger partial charge in [0, 0.05) is 6.20 Å². The number of hydrogen-bond donors (Lipinski definition) is 2. The Kier molecular flexibility index (Phi) is 6.28. The molecule has 152 valence electrons. The van der Waals surface area contributed by atoms with Crippen molar-refractivity contribution in [2.45, 2.75) is 25.6 Å². The summed E-state index contributed by atoms with van der Waals surface area (Å²) in [5, 5.41) is 5.26. The zero-order chi connectivity index (χ0) is 20.8. The average molecular weight is 398 g/mol. The molecule has 1 atom stereocenters.